The zero-order valence-electron chi connectivity index (χ0n) is 8.94. The van der Waals surface area contributed by atoms with Crippen LogP contribution in [0.2, 0.25) is 0 Å². The van der Waals surface area contributed by atoms with Crippen molar-refractivity contribution in [3.8, 4) is 0 Å². The Bertz CT molecular complexity index is 336. The quantitative estimate of drug-likeness (QED) is 0.800. The largest absolute Gasteiger partial charge is 0.481 e. The van der Waals surface area contributed by atoms with Gasteiger partial charge in [-0.05, 0) is 17.5 Å². The monoisotopic (exact) mass is 204 g/mol. The van der Waals surface area contributed by atoms with Gasteiger partial charge in [-0.25, -0.2) is 0 Å². The first-order valence-corrected chi connectivity index (χ1v) is 5.19. The smallest absolute Gasteiger partial charge is 0.307 e. The Labute approximate surface area is 90.3 Å². The summed E-state index contributed by atoms with van der Waals surface area (Å²) >= 11 is 0. The lowest BCUT2D eigenvalue weighted by molar-refractivity contribution is -0.135. The normalized spacial score (nSPS) is 10.7. The summed E-state index contributed by atoms with van der Waals surface area (Å²) in [5.74, 6) is -0.797. The lowest BCUT2D eigenvalue weighted by Crippen LogP contribution is -1.89. The van der Waals surface area contributed by atoms with Crippen LogP contribution in [0.5, 0.6) is 0 Å². The van der Waals surface area contributed by atoms with Gasteiger partial charge < -0.3 is 5.11 Å². The highest BCUT2D eigenvalue weighted by Gasteiger charge is 1.92. The van der Waals surface area contributed by atoms with E-state index in [1.54, 1.807) is 6.08 Å². The molecular weight excluding hydrogens is 188 g/mol. The highest BCUT2D eigenvalue weighted by Crippen LogP contribution is 2.08. The molecule has 2 nitrogen and oxygen atoms in total. The van der Waals surface area contributed by atoms with Crippen molar-refractivity contribution in [3.63, 3.8) is 0 Å². The molecule has 0 heterocycles. The molecule has 1 aromatic rings. The van der Waals surface area contributed by atoms with Crippen molar-refractivity contribution < 1.29 is 9.90 Å². The van der Waals surface area contributed by atoms with Gasteiger partial charge in [-0.15, -0.1) is 0 Å². The second kappa shape index (κ2) is 6.02. The molecule has 0 spiro atoms. The minimum absolute atomic E-state index is 0.0801. The van der Waals surface area contributed by atoms with E-state index < -0.39 is 5.97 Å². The molecule has 0 aliphatic rings. The van der Waals surface area contributed by atoms with E-state index in [0.29, 0.717) is 0 Å². The Kier molecular flexibility index (Phi) is 4.61. The molecule has 0 fully saturated rings. The Balaban J connectivity index is 2.56. The third-order valence-corrected chi connectivity index (χ3v) is 2.12. The number of benzene rings is 1. The molecule has 0 radical (unpaired) electrons. The molecule has 1 N–H and O–H groups in total. The molecule has 0 bridgehead atoms. The molecule has 0 saturated carbocycles. The van der Waals surface area contributed by atoms with Crippen LogP contribution in [0, 0.1) is 0 Å². The van der Waals surface area contributed by atoms with E-state index in [4.69, 9.17) is 5.11 Å². The molecule has 1 rings (SSSR count). The molecule has 0 saturated heterocycles. The van der Waals surface area contributed by atoms with Gasteiger partial charge in [-0.2, -0.15) is 0 Å². The zero-order valence-corrected chi connectivity index (χ0v) is 8.94. The van der Waals surface area contributed by atoms with E-state index in [9.17, 15) is 4.79 Å². The predicted molar refractivity (Wildman–Crippen MR) is 61.7 cm³/mol. The van der Waals surface area contributed by atoms with Crippen molar-refractivity contribution in [2.24, 2.45) is 0 Å². The van der Waals surface area contributed by atoms with Gasteiger partial charge in [0.2, 0.25) is 0 Å². The van der Waals surface area contributed by atoms with Crippen molar-refractivity contribution >= 4 is 12.0 Å². The van der Waals surface area contributed by atoms with Gasteiger partial charge >= 0.3 is 5.97 Å². The summed E-state index contributed by atoms with van der Waals surface area (Å²) in [6, 6.07) is 8.21. The molecule has 0 amide bonds. The lowest BCUT2D eigenvalue weighted by atomic mass is 10.1. The molecule has 0 unspecified atom stereocenters. The topological polar surface area (TPSA) is 37.3 Å². The number of hydrogen-bond donors (Lipinski definition) is 1. The number of rotatable bonds is 5. The zero-order chi connectivity index (χ0) is 11.1. The Morgan fingerprint density at radius 1 is 1.33 bits per heavy atom. The third-order valence-electron chi connectivity index (χ3n) is 2.12. The maximum Gasteiger partial charge on any atom is 0.307 e. The van der Waals surface area contributed by atoms with Crippen molar-refractivity contribution in [2.75, 3.05) is 0 Å². The van der Waals surface area contributed by atoms with Crippen molar-refractivity contribution in [3.05, 3.63) is 41.5 Å². The average Bonchev–Trinajstić information content (AvgIpc) is 2.20. The Hall–Kier alpha value is -1.57. The van der Waals surface area contributed by atoms with E-state index in [1.807, 2.05) is 18.2 Å². The molecule has 0 aliphatic heterocycles. The molecule has 2 heteroatoms. The van der Waals surface area contributed by atoms with Crippen molar-refractivity contribution in [2.45, 2.75) is 26.2 Å². The first-order chi connectivity index (χ1) is 7.22. The van der Waals surface area contributed by atoms with Crippen LogP contribution in [0.1, 0.15) is 30.9 Å². The van der Waals surface area contributed by atoms with Gasteiger partial charge in [0.05, 0.1) is 6.42 Å². The molecular formula is C13H16O2. The van der Waals surface area contributed by atoms with Gasteiger partial charge in [-0.1, -0.05) is 49.8 Å². The molecule has 80 valence electrons. The minimum Gasteiger partial charge on any atom is -0.481 e. The number of carboxylic acid groups (broad SMARTS) is 1. The number of hydrogen-bond acceptors (Lipinski definition) is 1. The maximum atomic E-state index is 10.3. The molecule has 1 aromatic carbocycles. The molecule has 15 heavy (non-hydrogen) atoms. The van der Waals surface area contributed by atoms with E-state index in [-0.39, 0.29) is 6.42 Å². The third kappa shape index (κ3) is 4.45. The number of carboxylic acids is 1. The second-order valence-corrected chi connectivity index (χ2v) is 3.49. The van der Waals surface area contributed by atoms with Gasteiger partial charge in [0.25, 0.3) is 0 Å². The highest BCUT2D eigenvalue weighted by atomic mass is 16.4. The fourth-order valence-electron chi connectivity index (χ4n) is 1.38. The molecule has 0 aliphatic carbocycles. The van der Waals surface area contributed by atoms with Crippen LogP contribution in [0.3, 0.4) is 0 Å². The SMILES string of the molecule is CCCc1ccc(/C=C/CC(=O)O)cc1. The highest BCUT2D eigenvalue weighted by molar-refractivity contribution is 5.70. The predicted octanol–water partition coefficient (Wildman–Crippen LogP) is 3.13. The van der Waals surface area contributed by atoms with Crippen LogP contribution in [0.15, 0.2) is 30.3 Å². The van der Waals surface area contributed by atoms with Crippen LogP contribution in [-0.4, -0.2) is 11.1 Å². The van der Waals surface area contributed by atoms with Crippen LogP contribution < -0.4 is 0 Å². The van der Waals surface area contributed by atoms with Gasteiger partial charge in [0.1, 0.15) is 0 Å². The number of carbonyl (C=O) groups is 1. The molecule has 0 aromatic heterocycles. The van der Waals surface area contributed by atoms with Gasteiger partial charge in [0.15, 0.2) is 0 Å². The summed E-state index contributed by atoms with van der Waals surface area (Å²) < 4.78 is 0. The summed E-state index contributed by atoms with van der Waals surface area (Å²) in [5.41, 5.74) is 2.38. The van der Waals surface area contributed by atoms with Gasteiger partial charge in [-0.3, -0.25) is 4.79 Å². The van der Waals surface area contributed by atoms with Crippen LogP contribution >= 0.6 is 0 Å². The summed E-state index contributed by atoms with van der Waals surface area (Å²) in [6.45, 7) is 2.15. The molecule has 0 atom stereocenters. The first kappa shape index (κ1) is 11.5. The van der Waals surface area contributed by atoms with E-state index >= 15 is 0 Å². The Morgan fingerprint density at radius 2 is 2.00 bits per heavy atom. The fraction of sp³-hybridized carbons (Fsp3) is 0.308. The van der Waals surface area contributed by atoms with Crippen LogP contribution in [0.25, 0.3) is 6.08 Å². The number of aliphatic carboxylic acids is 1. The standard InChI is InChI=1S/C13H16O2/c1-2-4-11-7-9-12(10-8-11)5-3-6-13(14)15/h3,5,7-10H,2,4,6H2,1H3,(H,14,15)/b5-3+. The van der Waals surface area contributed by atoms with Crippen molar-refractivity contribution in [1.82, 2.24) is 0 Å². The average molecular weight is 204 g/mol. The maximum absolute atomic E-state index is 10.3. The lowest BCUT2D eigenvalue weighted by Gasteiger charge is -1.98. The van der Waals surface area contributed by atoms with Gasteiger partial charge in [0, 0.05) is 0 Å². The minimum atomic E-state index is -0.797. The summed E-state index contributed by atoms with van der Waals surface area (Å²) in [7, 11) is 0. The second-order valence-electron chi connectivity index (χ2n) is 3.49. The summed E-state index contributed by atoms with van der Waals surface area (Å²) in [6.07, 6.45) is 5.82. The van der Waals surface area contributed by atoms with Crippen LogP contribution in [-0.2, 0) is 11.2 Å². The van der Waals surface area contributed by atoms with Crippen LogP contribution in [0.4, 0.5) is 0 Å². The number of aryl methyl sites for hydroxylation is 1. The first-order valence-electron chi connectivity index (χ1n) is 5.19. The van der Waals surface area contributed by atoms with E-state index in [1.165, 1.54) is 5.56 Å². The van der Waals surface area contributed by atoms with E-state index in [2.05, 4.69) is 19.1 Å². The van der Waals surface area contributed by atoms with E-state index in [0.717, 1.165) is 18.4 Å². The summed E-state index contributed by atoms with van der Waals surface area (Å²) in [5, 5.41) is 8.45. The summed E-state index contributed by atoms with van der Waals surface area (Å²) in [4.78, 5) is 10.3. The Morgan fingerprint density at radius 3 is 2.53 bits per heavy atom. The van der Waals surface area contributed by atoms with Crippen molar-refractivity contribution in [1.29, 1.82) is 0 Å². The fourth-order valence-corrected chi connectivity index (χ4v) is 1.38.